The number of carbonyl (C=O) groups excluding carboxylic acids is 2. The predicted octanol–water partition coefficient (Wildman–Crippen LogP) is 3.27. The van der Waals surface area contributed by atoms with Gasteiger partial charge >= 0.3 is 5.97 Å². The molecule has 156 valence electrons. The van der Waals surface area contributed by atoms with Crippen LogP contribution in [0.3, 0.4) is 0 Å². The molecule has 0 spiro atoms. The zero-order valence-corrected chi connectivity index (χ0v) is 18.0. The standard InChI is InChI=1S/C21H26N2O5S/c1-6-28-21(25)18-11-8-12-19(15(18)3)22-20(24)16(4)23(29(5,26)27)17-10-7-9-14(2)13-17/h7-13,16H,6H2,1-5H3,(H,22,24). The van der Waals surface area contributed by atoms with Gasteiger partial charge in [-0.05, 0) is 63.1 Å². The van der Waals surface area contributed by atoms with Gasteiger partial charge in [0.1, 0.15) is 6.04 Å². The maximum absolute atomic E-state index is 12.9. The van der Waals surface area contributed by atoms with E-state index in [9.17, 15) is 18.0 Å². The maximum Gasteiger partial charge on any atom is 0.338 e. The molecule has 1 N–H and O–H groups in total. The van der Waals surface area contributed by atoms with Gasteiger partial charge in [0.15, 0.2) is 0 Å². The molecular weight excluding hydrogens is 392 g/mol. The third-order valence-corrected chi connectivity index (χ3v) is 5.67. The van der Waals surface area contributed by atoms with Crippen molar-refractivity contribution in [1.82, 2.24) is 0 Å². The minimum Gasteiger partial charge on any atom is -0.462 e. The molecule has 0 radical (unpaired) electrons. The summed E-state index contributed by atoms with van der Waals surface area (Å²) in [4.78, 5) is 25.0. The maximum atomic E-state index is 12.9. The van der Waals surface area contributed by atoms with E-state index in [0.29, 0.717) is 22.5 Å². The molecule has 8 heteroatoms. The highest BCUT2D eigenvalue weighted by Gasteiger charge is 2.29. The lowest BCUT2D eigenvalue weighted by Gasteiger charge is -2.28. The van der Waals surface area contributed by atoms with Crippen LogP contribution >= 0.6 is 0 Å². The third-order valence-electron chi connectivity index (χ3n) is 4.43. The zero-order chi connectivity index (χ0) is 21.8. The first-order chi connectivity index (χ1) is 13.6. The first kappa shape index (κ1) is 22.4. The molecular formula is C21H26N2O5S. The highest BCUT2D eigenvalue weighted by Crippen LogP contribution is 2.24. The highest BCUT2D eigenvalue weighted by molar-refractivity contribution is 7.92. The quantitative estimate of drug-likeness (QED) is 0.697. The number of sulfonamides is 1. The summed E-state index contributed by atoms with van der Waals surface area (Å²) < 4.78 is 30.9. The Hall–Kier alpha value is -2.87. The van der Waals surface area contributed by atoms with Gasteiger partial charge in [-0.2, -0.15) is 0 Å². The first-order valence-corrected chi connectivity index (χ1v) is 11.0. The molecule has 1 amide bonds. The zero-order valence-electron chi connectivity index (χ0n) is 17.2. The van der Waals surface area contributed by atoms with Crippen LogP contribution in [0.1, 0.15) is 35.3 Å². The number of benzene rings is 2. The normalized spacial score (nSPS) is 12.2. The second-order valence-corrected chi connectivity index (χ2v) is 8.62. The van der Waals surface area contributed by atoms with Crippen molar-refractivity contribution in [1.29, 1.82) is 0 Å². The number of nitrogens with one attached hydrogen (secondary N) is 1. The van der Waals surface area contributed by atoms with Gasteiger partial charge in [-0.25, -0.2) is 13.2 Å². The number of aryl methyl sites for hydroxylation is 1. The van der Waals surface area contributed by atoms with Crippen molar-refractivity contribution in [2.75, 3.05) is 22.5 Å². The van der Waals surface area contributed by atoms with E-state index in [2.05, 4.69) is 5.32 Å². The smallest absolute Gasteiger partial charge is 0.338 e. The minimum absolute atomic E-state index is 0.242. The summed E-state index contributed by atoms with van der Waals surface area (Å²) >= 11 is 0. The third kappa shape index (κ3) is 5.35. The second-order valence-electron chi connectivity index (χ2n) is 6.76. The van der Waals surface area contributed by atoms with E-state index < -0.39 is 27.9 Å². The van der Waals surface area contributed by atoms with Crippen molar-refractivity contribution in [2.45, 2.75) is 33.7 Å². The van der Waals surface area contributed by atoms with Crippen LogP contribution < -0.4 is 9.62 Å². The van der Waals surface area contributed by atoms with Crippen LogP contribution in [0.15, 0.2) is 42.5 Å². The number of ether oxygens (including phenoxy) is 1. The van der Waals surface area contributed by atoms with Crippen LogP contribution in [0.2, 0.25) is 0 Å². The Morgan fingerprint density at radius 2 is 1.79 bits per heavy atom. The molecule has 0 aliphatic rings. The van der Waals surface area contributed by atoms with Gasteiger partial charge in [0, 0.05) is 5.69 Å². The van der Waals surface area contributed by atoms with Crippen molar-refractivity contribution in [2.24, 2.45) is 0 Å². The van der Waals surface area contributed by atoms with E-state index in [-0.39, 0.29) is 6.61 Å². The Bertz CT molecular complexity index is 1020. The lowest BCUT2D eigenvalue weighted by atomic mass is 10.1. The van der Waals surface area contributed by atoms with Gasteiger partial charge in [-0.15, -0.1) is 0 Å². The van der Waals surface area contributed by atoms with Crippen molar-refractivity contribution >= 4 is 33.3 Å². The number of anilines is 2. The van der Waals surface area contributed by atoms with E-state index in [1.54, 1.807) is 50.2 Å². The first-order valence-electron chi connectivity index (χ1n) is 9.20. The highest BCUT2D eigenvalue weighted by atomic mass is 32.2. The van der Waals surface area contributed by atoms with Crippen LogP contribution in [0.25, 0.3) is 0 Å². The molecule has 0 aliphatic carbocycles. The fraction of sp³-hybridized carbons (Fsp3) is 0.333. The second kappa shape index (κ2) is 9.09. The number of rotatable bonds is 7. The Labute approximate surface area is 171 Å². The summed E-state index contributed by atoms with van der Waals surface area (Å²) in [5.74, 6) is -0.993. The summed E-state index contributed by atoms with van der Waals surface area (Å²) in [5, 5.41) is 2.73. The van der Waals surface area contributed by atoms with E-state index in [1.165, 1.54) is 6.92 Å². The van der Waals surface area contributed by atoms with Gasteiger partial charge in [0.2, 0.25) is 15.9 Å². The Morgan fingerprint density at radius 1 is 1.14 bits per heavy atom. The molecule has 0 saturated carbocycles. The van der Waals surface area contributed by atoms with Crippen LogP contribution in [0.4, 0.5) is 11.4 Å². The number of hydrogen-bond acceptors (Lipinski definition) is 5. The van der Waals surface area contributed by atoms with Gasteiger partial charge in [0.05, 0.1) is 24.1 Å². The average molecular weight is 419 g/mol. The SMILES string of the molecule is CCOC(=O)c1cccc(NC(=O)C(C)N(c2cccc(C)c2)S(C)(=O)=O)c1C. The largest absolute Gasteiger partial charge is 0.462 e. The summed E-state index contributed by atoms with van der Waals surface area (Å²) in [6.07, 6.45) is 1.06. The number of hydrogen-bond donors (Lipinski definition) is 1. The fourth-order valence-corrected chi connectivity index (χ4v) is 4.18. The number of carbonyl (C=O) groups is 2. The van der Waals surface area contributed by atoms with Crippen molar-refractivity contribution in [3.8, 4) is 0 Å². The average Bonchev–Trinajstić information content (AvgIpc) is 2.62. The molecule has 0 heterocycles. The van der Waals surface area contributed by atoms with Crippen molar-refractivity contribution in [3.63, 3.8) is 0 Å². The lowest BCUT2D eigenvalue weighted by Crippen LogP contribution is -2.45. The molecule has 0 aromatic heterocycles. The summed E-state index contributed by atoms with van der Waals surface area (Å²) in [5.41, 5.74) is 2.60. The van der Waals surface area contributed by atoms with E-state index in [1.807, 2.05) is 13.0 Å². The number of nitrogens with zero attached hydrogens (tertiary/aromatic N) is 1. The molecule has 0 bridgehead atoms. The van der Waals surface area contributed by atoms with Crippen LogP contribution in [-0.4, -0.2) is 39.2 Å². The Morgan fingerprint density at radius 3 is 2.38 bits per heavy atom. The molecule has 29 heavy (non-hydrogen) atoms. The Balaban J connectivity index is 2.34. The molecule has 2 aromatic carbocycles. The van der Waals surface area contributed by atoms with Crippen LogP contribution in [-0.2, 0) is 19.6 Å². The number of esters is 1. The van der Waals surface area contributed by atoms with E-state index in [0.717, 1.165) is 16.1 Å². The summed E-state index contributed by atoms with van der Waals surface area (Å²) in [7, 11) is -3.71. The molecule has 2 rings (SSSR count). The Kier molecular flexibility index (Phi) is 7.02. The van der Waals surface area contributed by atoms with E-state index in [4.69, 9.17) is 4.74 Å². The van der Waals surface area contributed by atoms with Crippen molar-refractivity contribution in [3.05, 3.63) is 59.2 Å². The van der Waals surface area contributed by atoms with Gasteiger partial charge in [0.25, 0.3) is 0 Å². The summed E-state index contributed by atoms with van der Waals surface area (Å²) in [6.45, 7) is 7.01. The minimum atomic E-state index is -3.71. The molecule has 0 saturated heterocycles. The topological polar surface area (TPSA) is 92.8 Å². The van der Waals surface area contributed by atoms with Gasteiger partial charge in [-0.3, -0.25) is 9.10 Å². The summed E-state index contributed by atoms with van der Waals surface area (Å²) in [6, 6.07) is 10.8. The molecule has 1 atom stereocenters. The van der Waals surface area contributed by atoms with Crippen LogP contribution in [0, 0.1) is 13.8 Å². The van der Waals surface area contributed by atoms with Crippen molar-refractivity contribution < 1.29 is 22.7 Å². The molecule has 0 aliphatic heterocycles. The van der Waals surface area contributed by atoms with E-state index >= 15 is 0 Å². The molecule has 2 aromatic rings. The molecule has 1 unspecified atom stereocenters. The van der Waals surface area contributed by atoms with Gasteiger partial charge < -0.3 is 10.1 Å². The predicted molar refractivity (Wildman–Crippen MR) is 114 cm³/mol. The van der Waals surface area contributed by atoms with Gasteiger partial charge in [-0.1, -0.05) is 18.2 Å². The lowest BCUT2D eigenvalue weighted by molar-refractivity contribution is -0.116. The monoisotopic (exact) mass is 418 g/mol. The molecule has 0 fully saturated rings. The number of amides is 1. The molecule has 7 nitrogen and oxygen atoms in total. The fourth-order valence-electron chi connectivity index (χ4n) is 3.01. The van der Waals surface area contributed by atoms with Crippen LogP contribution in [0.5, 0.6) is 0 Å².